The predicted octanol–water partition coefficient (Wildman–Crippen LogP) is 2.85. The normalized spacial score (nSPS) is 18.6. The molecule has 5 heteroatoms. The molecule has 1 rings (SSSR count). The number of carboxylic acids is 1. The summed E-state index contributed by atoms with van der Waals surface area (Å²) in [5.41, 5.74) is 0.255. The van der Waals surface area contributed by atoms with Crippen LogP contribution >= 0.6 is 0 Å². The van der Waals surface area contributed by atoms with Gasteiger partial charge in [-0.05, 0) is 38.5 Å². The van der Waals surface area contributed by atoms with Gasteiger partial charge in [0.2, 0.25) is 0 Å². The summed E-state index contributed by atoms with van der Waals surface area (Å²) in [7, 11) is 0. The minimum Gasteiger partial charge on any atom is -0.481 e. The maximum Gasteiger partial charge on any atom is 0.317 e. The number of rotatable bonds is 7. The van der Waals surface area contributed by atoms with Crippen LogP contribution in [0.5, 0.6) is 0 Å². The van der Waals surface area contributed by atoms with Crippen LogP contribution in [0.25, 0.3) is 0 Å². The highest BCUT2D eigenvalue weighted by Crippen LogP contribution is 2.40. The van der Waals surface area contributed by atoms with Gasteiger partial charge in [0.15, 0.2) is 0 Å². The lowest BCUT2D eigenvalue weighted by atomic mass is 9.83. The van der Waals surface area contributed by atoms with Gasteiger partial charge < -0.3 is 15.3 Å². The van der Waals surface area contributed by atoms with Crippen molar-refractivity contribution in [1.29, 1.82) is 0 Å². The first-order chi connectivity index (χ1) is 9.44. The highest BCUT2D eigenvalue weighted by molar-refractivity contribution is 5.76. The third-order valence-corrected chi connectivity index (χ3v) is 4.63. The summed E-state index contributed by atoms with van der Waals surface area (Å²) in [6.07, 6.45) is 5.93. The molecule has 2 N–H and O–H groups in total. The monoisotopic (exact) mass is 284 g/mol. The van der Waals surface area contributed by atoms with E-state index in [0.29, 0.717) is 13.1 Å². The van der Waals surface area contributed by atoms with Crippen LogP contribution in [0, 0.1) is 5.41 Å². The molecular formula is C15H28N2O3. The standard InChI is InChI=1S/C15H28N2O3/c1-4-15(8-6-7-9-15)11-16-14(20)17(5-2)12(3)10-13(18)19/h12H,4-11H2,1-3H3,(H,16,20)(H,18,19). The Morgan fingerprint density at radius 1 is 1.30 bits per heavy atom. The second kappa shape index (κ2) is 7.50. The van der Waals surface area contributed by atoms with Gasteiger partial charge in [-0.15, -0.1) is 0 Å². The number of carbonyl (C=O) groups is 2. The van der Waals surface area contributed by atoms with Crippen molar-refractivity contribution in [2.45, 2.75) is 65.3 Å². The zero-order chi connectivity index (χ0) is 15.2. The number of carbonyl (C=O) groups excluding carboxylic acids is 1. The summed E-state index contributed by atoms with van der Waals surface area (Å²) < 4.78 is 0. The van der Waals surface area contributed by atoms with E-state index in [1.165, 1.54) is 25.7 Å². The summed E-state index contributed by atoms with van der Waals surface area (Å²) in [5.74, 6) is -0.871. The highest BCUT2D eigenvalue weighted by atomic mass is 16.4. The minimum absolute atomic E-state index is 0.0137. The van der Waals surface area contributed by atoms with Gasteiger partial charge in [0.05, 0.1) is 6.42 Å². The largest absolute Gasteiger partial charge is 0.481 e. The molecule has 0 aromatic carbocycles. The molecule has 1 aliphatic carbocycles. The molecule has 0 aromatic rings. The van der Waals surface area contributed by atoms with Gasteiger partial charge in [-0.25, -0.2) is 4.79 Å². The zero-order valence-electron chi connectivity index (χ0n) is 12.9. The molecule has 5 nitrogen and oxygen atoms in total. The number of nitrogens with zero attached hydrogens (tertiary/aromatic N) is 1. The van der Waals surface area contributed by atoms with E-state index in [4.69, 9.17) is 5.11 Å². The van der Waals surface area contributed by atoms with Crippen LogP contribution in [-0.4, -0.2) is 41.1 Å². The number of hydrogen-bond donors (Lipinski definition) is 2. The van der Waals surface area contributed by atoms with E-state index in [1.807, 2.05) is 6.92 Å². The Hall–Kier alpha value is -1.26. The summed E-state index contributed by atoms with van der Waals surface area (Å²) >= 11 is 0. The fourth-order valence-electron chi connectivity index (χ4n) is 3.16. The third-order valence-electron chi connectivity index (χ3n) is 4.63. The van der Waals surface area contributed by atoms with Crippen molar-refractivity contribution in [3.05, 3.63) is 0 Å². The van der Waals surface area contributed by atoms with Crippen LogP contribution < -0.4 is 5.32 Å². The fraction of sp³-hybridized carbons (Fsp3) is 0.867. The molecule has 20 heavy (non-hydrogen) atoms. The van der Waals surface area contributed by atoms with E-state index in [2.05, 4.69) is 12.2 Å². The van der Waals surface area contributed by atoms with E-state index in [1.54, 1.807) is 11.8 Å². The molecule has 0 saturated heterocycles. The maximum atomic E-state index is 12.2. The molecule has 1 atom stereocenters. The quantitative estimate of drug-likeness (QED) is 0.755. The van der Waals surface area contributed by atoms with Crippen LogP contribution in [0.1, 0.15) is 59.3 Å². The molecule has 1 aliphatic rings. The number of amides is 2. The van der Waals surface area contributed by atoms with Crippen molar-refractivity contribution in [2.75, 3.05) is 13.1 Å². The van der Waals surface area contributed by atoms with E-state index < -0.39 is 5.97 Å². The first-order valence-electron chi connectivity index (χ1n) is 7.70. The molecule has 0 aromatic heterocycles. The fourth-order valence-corrected chi connectivity index (χ4v) is 3.16. The Kier molecular flexibility index (Phi) is 6.30. The Bertz CT molecular complexity index is 338. The van der Waals surface area contributed by atoms with Crippen molar-refractivity contribution >= 4 is 12.0 Å². The Labute approximate surface area is 121 Å². The van der Waals surface area contributed by atoms with E-state index >= 15 is 0 Å². The minimum atomic E-state index is -0.871. The molecule has 0 radical (unpaired) electrons. The lowest BCUT2D eigenvalue weighted by Crippen LogP contribution is -2.48. The summed E-state index contributed by atoms with van der Waals surface area (Å²) in [6.45, 7) is 7.07. The first kappa shape index (κ1) is 16.8. The van der Waals surface area contributed by atoms with Crippen LogP contribution in [0.3, 0.4) is 0 Å². The van der Waals surface area contributed by atoms with Crippen molar-refractivity contribution in [2.24, 2.45) is 5.41 Å². The first-order valence-corrected chi connectivity index (χ1v) is 7.70. The average molecular weight is 284 g/mol. The van der Waals surface area contributed by atoms with Gasteiger partial charge in [-0.3, -0.25) is 4.79 Å². The second-order valence-electron chi connectivity index (χ2n) is 5.95. The van der Waals surface area contributed by atoms with Crippen LogP contribution in [0.2, 0.25) is 0 Å². The third kappa shape index (κ3) is 4.39. The van der Waals surface area contributed by atoms with Gasteiger partial charge in [-0.2, -0.15) is 0 Å². The van der Waals surface area contributed by atoms with Crippen LogP contribution in [0.15, 0.2) is 0 Å². The van der Waals surface area contributed by atoms with Crippen molar-refractivity contribution < 1.29 is 14.7 Å². The molecule has 2 amide bonds. The Morgan fingerprint density at radius 2 is 1.90 bits per heavy atom. The predicted molar refractivity (Wildman–Crippen MR) is 78.7 cm³/mol. The highest BCUT2D eigenvalue weighted by Gasteiger charge is 2.33. The number of hydrogen-bond acceptors (Lipinski definition) is 2. The molecule has 116 valence electrons. The molecule has 0 heterocycles. The summed E-state index contributed by atoms with van der Waals surface area (Å²) in [5, 5.41) is 11.8. The molecule has 1 fully saturated rings. The van der Waals surface area contributed by atoms with Crippen molar-refractivity contribution in [1.82, 2.24) is 10.2 Å². The molecule has 0 aliphatic heterocycles. The molecule has 0 spiro atoms. The second-order valence-corrected chi connectivity index (χ2v) is 5.95. The maximum absolute atomic E-state index is 12.2. The van der Waals surface area contributed by atoms with E-state index in [-0.39, 0.29) is 23.9 Å². The van der Waals surface area contributed by atoms with E-state index in [0.717, 1.165) is 6.42 Å². The lowest BCUT2D eigenvalue weighted by molar-refractivity contribution is -0.138. The number of aliphatic carboxylic acids is 1. The van der Waals surface area contributed by atoms with Crippen molar-refractivity contribution in [3.63, 3.8) is 0 Å². The van der Waals surface area contributed by atoms with Crippen molar-refractivity contribution in [3.8, 4) is 0 Å². The average Bonchev–Trinajstić information content (AvgIpc) is 2.86. The molecule has 1 saturated carbocycles. The van der Waals surface area contributed by atoms with E-state index in [9.17, 15) is 9.59 Å². The van der Waals surface area contributed by atoms with Crippen LogP contribution in [0.4, 0.5) is 4.79 Å². The molecule has 1 unspecified atom stereocenters. The van der Waals surface area contributed by atoms with Gasteiger partial charge >= 0.3 is 12.0 Å². The SMILES string of the molecule is CCN(C(=O)NCC1(CC)CCCC1)C(C)CC(=O)O. The summed E-state index contributed by atoms with van der Waals surface area (Å²) in [4.78, 5) is 24.6. The number of carboxylic acid groups (broad SMARTS) is 1. The molecule has 0 bridgehead atoms. The zero-order valence-corrected chi connectivity index (χ0v) is 12.9. The Morgan fingerprint density at radius 3 is 2.35 bits per heavy atom. The Balaban J connectivity index is 2.52. The number of nitrogens with one attached hydrogen (secondary N) is 1. The lowest BCUT2D eigenvalue weighted by Gasteiger charge is -2.32. The topological polar surface area (TPSA) is 69.6 Å². The molecular weight excluding hydrogens is 256 g/mol. The summed E-state index contributed by atoms with van der Waals surface area (Å²) in [6, 6.07) is -0.417. The van der Waals surface area contributed by atoms with Gasteiger partial charge in [0.1, 0.15) is 0 Å². The number of urea groups is 1. The van der Waals surface area contributed by atoms with Gasteiger partial charge in [-0.1, -0.05) is 19.8 Å². The smallest absolute Gasteiger partial charge is 0.317 e. The van der Waals surface area contributed by atoms with Crippen LogP contribution in [-0.2, 0) is 4.79 Å². The van der Waals surface area contributed by atoms with Gasteiger partial charge in [0.25, 0.3) is 0 Å². The van der Waals surface area contributed by atoms with Gasteiger partial charge in [0, 0.05) is 19.1 Å².